The highest BCUT2D eigenvalue weighted by atomic mass is 35.5. The third-order valence-electron chi connectivity index (χ3n) is 3.60. The summed E-state index contributed by atoms with van der Waals surface area (Å²) in [6, 6.07) is 6.63. The number of halogens is 1. The fourth-order valence-corrected chi connectivity index (χ4v) is 2.95. The Morgan fingerprint density at radius 2 is 2.37 bits per heavy atom. The van der Waals surface area contributed by atoms with E-state index in [9.17, 15) is 10.1 Å². The molecule has 1 aromatic carbocycles. The summed E-state index contributed by atoms with van der Waals surface area (Å²) >= 11 is 6.40. The van der Waals surface area contributed by atoms with Gasteiger partial charge >= 0.3 is 0 Å². The van der Waals surface area contributed by atoms with Crippen LogP contribution in [0.2, 0.25) is 0 Å². The molecule has 1 aromatic rings. The second kappa shape index (κ2) is 6.35. The standard InChI is InChI=1S/C14H19ClN2O2/c1-11-4-3-7-16(9-11)10-14(15)12-5-2-6-13(8-12)17(18)19/h2,5-6,8,11,14H,3-4,7,9-10H2,1H3. The van der Waals surface area contributed by atoms with E-state index in [4.69, 9.17) is 11.6 Å². The van der Waals surface area contributed by atoms with Gasteiger partial charge in [0.2, 0.25) is 0 Å². The molecule has 0 saturated carbocycles. The van der Waals surface area contributed by atoms with E-state index in [2.05, 4.69) is 11.8 Å². The zero-order chi connectivity index (χ0) is 13.8. The van der Waals surface area contributed by atoms with Crippen LogP contribution in [-0.2, 0) is 0 Å². The third-order valence-corrected chi connectivity index (χ3v) is 3.99. The van der Waals surface area contributed by atoms with Gasteiger partial charge in [0.25, 0.3) is 5.69 Å². The van der Waals surface area contributed by atoms with Crippen molar-refractivity contribution in [3.05, 3.63) is 39.9 Å². The summed E-state index contributed by atoms with van der Waals surface area (Å²) in [6.07, 6.45) is 2.49. The first-order valence-corrected chi connectivity index (χ1v) is 7.10. The lowest BCUT2D eigenvalue weighted by Crippen LogP contribution is -2.36. The Labute approximate surface area is 118 Å². The third kappa shape index (κ3) is 3.91. The first-order valence-electron chi connectivity index (χ1n) is 6.67. The van der Waals surface area contributed by atoms with Crippen molar-refractivity contribution in [1.82, 2.24) is 4.90 Å². The van der Waals surface area contributed by atoms with Crippen LogP contribution >= 0.6 is 11.6 Å². The van der Waals surface area contributed by atoms with E-state index in [1.54, 1.807) is 12.1 Å². The van der Waals surface area contributed by atoms with Gasteiger partial charge in [0.15, 0.2) is 0 Å². The average molecular weight is 283 g/mol. The van der Waals surface area contributed by atoms with Gasteiger partial charge in [-0.1, -0.05) is 19.1 Å². The van der Waals surface area contributed by atoms with Crippen molar-refractivity contribution >= 4 is 17.3 Å². The van der Waals surface area contributed by atoms with E-state index in [-0.39, 0.29) is 16.0 Å². The van der Waals surface area contributed by atoms with Crippen molar-refractivity contribution in [3.63, 3.8) is 0 Å². The molecular weight excluding hydrogens is 264 g/mol. The number of alkyl halides is 1. The predicted molar refractivity (Wildman–Crippen MR) is 76.5 cm³/mol. The summed E-state index contributed by atoms with van der Waals surface area (Å²) in [5, 5.41) is 10.6. The minimum Gasteiger partial charge on any atom is -0.301 e. The number of nitro benzene ring substituents is 1. The molecule has 4 nitrogen and oxygen atoms in total. The molecule has 0 radical (unpaired) electrons. The minimum atomic E-state index is -0.379. The maximum Gasteiger partial charge on any atom is 0.269 e. The molecule has 1 aliphatic rings. The minimum absolute atomic E-state index is 0.107. The molecule has 0 spiro atoms. The highest BCUT2D eigenvalue weighted by molar-refractivity contribution is 6.21. The van der Waals surface area contributed by atoms with Gasteiger partial charge in [-0.3, -0.25) is 10.1 Å². The van der Waals surface area contributed by atoms with Crippen LogP contribution in [0.15, 0.2) is 24.3 Å². The van der Waals surface area contributed by atoms with E-state index in [0.29, 0.717) is 5.92 Å². The van der Waals surface area contributed by atoms with Crippen LogP contribution in [0.25, 0.3) is 0 Å². The van der Waals surface area contributed by atoms with E-state index in [1.807, 2.05) is 6.07 Å². The number of nitro groups is 1. The van der Waals surface area contributed by atoms with E-state index in [0.717, 1.165) is 25.2 Å². The molecule has 0 N–H and O–H groups in total. The lowest BCUT2D eigenvalue weighted by molar-refractivity contribution is -0.384. The molecule has 1 heterocycles. The largest absolute Gasteiger partial charge is 0.301 e. The van der Waals surface area contributed by atoms with Gasteiger partial charge in [0, 0.05) is 25.2 Å². The number of likely N-dealkylation sites (tertiary alicyclic amines) is 1. The Balaban J connectivity index is 2.01. The van der Waals surface area contributed by atoms with Crippen LogP contribution in [-0.4, -0.2) is 29.5 Å². The number of non-ortho nitro benzene ring substituents is 1. The molecule has 1 fully saturated rings. The fraction of sp³-hybridized carbons (Fsp3) is 0.571. The number of rotatable bonds is 4. The van der Waals surface area contributed by atoms with Crippen LogP contribution in [0, 0.1) is 16.0 Å². The van der Waals surface area contributed by atoms with Crippen LogP contribution in [0.5, 0.6) is 0 Å². The molecule has 2 unspecified atom stereocenters. The van der Waals surface area contributed by atoms with Crippen molar-refractivity contribution in [3.8, 4) is 0 Å². The van der Waals surface area contributed by atoms with E-state index in [1.165, 1.54) is 18.9 Å². The smallest absolute Gasteiger partial charge is 0.269 e. The normalized spacial score (nSPS) is 22.1. The Morgan fingerprint density at radius 3 is 3.05 bits per heavy atom. The number of hydrogen-bond acceptors (Lipinski definition) is 3. The van der Waals surface area contributed by atoms with Crippen molar-refractivity contribution in [2.45, 2.75) is 25.1 Å². The van der Waals surface area contributed by atoms with Crippen molar-refractivity contribution in [2.75, 3.05) is 19.6 Å². The molecule has 5 heteroatoms. The van der Waals surface area contributed by atoms with Gasteiger partial charge in [-0.05, 0) is 30.9 Å². The lowest BCUT2D eigenvalue weighted by Gasteiger charge is -2.32. The predicted octanol–water partition coefficient (Wildman–Crippen LogP) is 3.61. The molecule has 104 valence electrons. The molecule has 2 rings (SSSR count). The lowest BCUT2D eigenvalue weighted by atomic mass is 10.00. The maximum absolute atomic E-state index is 10.8. The van der Waals surface area contributed by atoms with Crippen LogP contribution in [0.4, 0.5) is 5.69 Å². The first kappa shape index (κ1) is 14.3. The molecule has 2 atom stereocenters. The molecular formula is C14H19ClN2O2. The summed E-state index contributed by atoms with van der Waals surface area (Å²) in [6.45, 7) is 5.15. The zero-order valence-electron chi connectivity index (χ0n) is 11.1. The van der Waals surface area contributed by atoms with Crippen LogP contribution < -0.4 is 0 Å². The molecule has 19 heavy (non-hydrogen) atoms. The van der Waals surface area contributed by atoms with Gasteiger partial charge in [0.1, 0.15) is 0 Å². The molecule has 0 amide bonds. The Kier molecular flexibility index (Phi) is 4.77. The topological polar surface area (TPSA) is 46.4 Å². The molecule has 1 aliphatic heterocycles. The highest BCUT2D eigenvalue weighted by Crippen LogP contribution is 2.27. The van der Waals surface area contributed by atoms with Gasteiger partial charge in [0.05, 0.1) is 10.3 Å². The summed E-state index contributed by atoms with van der Waals surface area (Å²) < 4.78 is 0. The first-order chi connectivity index (χ1) is 9.06. The van der Waals surface area contributed by atoms with E-state index < -0.39 is 0 Å². The number of benzene rings is 1. The second-order valence-electron chi connectivity index (χ2n) is 5.33. The summed E-state index contributed by atoms with van der Waals surface area (Å²) in [5.74, 6) is 0.711. The summed E-state index contributed by atoms with van der Waals surface area (Å²) in [4.78, 5) is 12.7. The SMILES string of the molecule is CC1CCCN(CC(Cl)c2cccc([N+](=O)[O-])c2)C1. The summed E-state index contributed by atoms with van der Waals surface area (Å²) in [5.41, 5.74) is 0.934. The van der Waals surface area contributed by atoms with Crippen molar-refractivity contribution < 1.29 is 4.92 Å². The zero-order valence-corrected chi connectivity index (χ0v) is 11.8. The van der Waals surface area contributed by atoms with Crippen molar-refractivity contribution in [2.24, 2.45) is 5.92 Å². The number of hydrogen-bond donors (Lipinski definition) is 0. The van der Waals surface area contributed by atoms with Crippen LogP contribution in [0.3, 0.4) is 0 Å². The second-order valence-corrected chi connectivity index (χ2v) is 5.85. The summed E-state index contributed by atoms with van der Waals surface area (Å²) in [7, 11) is 0. The molecule has 0 aliphatic carbocycles. The quantitative estimate of drug-likeness (QED) is 0.481. The van der Waals surface area contributed by atoms with E-state index >= 15 is 0 Å². The molecule has 0 aromatic heterocycles. The Bertz CT molecular complexity index is 453. The van der Waals surface area contributed by atoms with Gasteiger partial charge in [-0.25, -0.2) is 0 Å². The highest BCUT2D eigenvalue weighted by Gasteiger charge is 2.20. The molecule has 0 bridgehead atoms. The molecule has 1 saturated heterocycles. The Morgan fingerprint density at radius 1 is 1.58 bits per heavy atom. The maximum atomic E-state index is 10.8. The van der Waals surface area contributed by atoms with Gasteiger partial charge in [-0.15, -0.1) is 11.6 Å². The fourth-order valence-electron chi connectivity index (χ4n) is 2.62. The Hall–Kier alpha value is -1.13. The van der Waals surface area contributed by atoms with Gasteiger partial charge < -0.3 is 4.90 Å². The average Bonchev–Trinajstić information content (AvgIpc) is 2.39. The number of piperidine rings is 1. The van der Waals surface area contributed by atoms with Gasteiger partial charge in [-0.2, -0.15) is 0 Å². The monoisotopic (exact) mass is 282 g/mol. The number of nitrogens with zero attached hydrogens (tertiary/aromatic N) is 2. The van der Waals surface area contributed by atoms with Crippen molar-refractivity contribution in [1.29, 1.82) is 0 Å². The van der Waals surface area contributed by atoms with Crippen LogP contribution in [0.1, 0.15) is 30.7 Å².